The number of fused-ring (bicyclic) bond motifs is 1. The number of nitrogens with zero attached hydrogens (tertiary/aromatic N) is 4. The Morgan fingerprint density at radius 2 is 2.06 bits per heavy atom. The lowest BCUT2D eigenvalue weighted by Crippen LogP contribution is -2.57. The fourth-order valence-corrected chi connectivity index (χ4v) is 5.28. The molecule has 0 amide bonds. The summed E-state index contributed by atoms with van der Waals surface area (Å²) in [5.74, 6) is -1.05. The summed E-state index contributed by atoms with van der Waals surface area (Å²) < 4.78 is 52.8. The van der Waals surface area contributed by atoms with E-state index in [2.05, 4.69) is 10.00 Å². The molecule has 0 aliphatic carbocycles. The van der Waals surface area contributed by atoms with Crippen LogP contribution in [0.1, 0.15) is 36.2 Å². The second kappa shape index (κ2) is 8.21. The summed E-state index contributed by atoms with van der Waals surface area (Å²) in [7, 11) is -3.43. The molecule has 1 fully saturated rings. The molecule has 0 saturated carbocycles. The topological polar surface area (TPSA) is 105 Å². The molecular formula is C20H27F2N5O3S. The highest BCUT2D eigenvalue weighted by molar-refractivity contribution is 7.89. The molecule has 3 N–H and O–H groups in total. The summed E-state index contributed by atoms with van der Waals surface area (Å²) in [6.45, 7) is 3.44. The zero-order valence-corrected chi connectivity index (χ0v) is 18.3. The van der Waals surface area contributed by atoms with Gasteiger partial charge in [0.25, 0.3) is 10.0 Å². The Kier molecular flexibility index (Phi) is 5.90. The number of hydrogen-bond donors (Lipinski definition) is 2. The molecule has 31 heavy (non-hydrogen) atoms. The molecule has 1 aromatic carbocycles. The first kappa shape index (κ1) is 22.3. The molecule has 0 radical (unpaired) electrons. The molecule has 2 aromatic rings. The van der Waals surface area contributed by atoms with Crippen LogP contribution < -0.4 is 5.73 Å². The second-order valence-corrected chi connectivity index (χ2v) is 10.4. The summed E-state index contributed by atoms with van der Waals surface area (Å²) >= 11 is 0. The van der Waals surface area contributed by atoms with E-state index in [0.717, 1.165) is 28.0 Å². The SMILES string of the molecule is CC(O)CN1CC(N2Cc3cn(S(C)(=O)=O)nc3C2)CC(N)[C@H]1c1cc(F)ccc1F. The highest BCUT2D eigenvalue weighted by Gasteiger charge is 2.41. The molecule has 0 bridgehead atoms. The van der Waals surface area contributed by atoms with E-state index in [4.69, 9.17) is 5.73 Å². The van der Waals surface area contributed by atoms with Crippen molar-refractivity contribution >= 4 is 10.0 Å². The fraction of sp³-hybridized carbons (Fsp3) is 0.550. The second-order valence-electron chi connectivity index (χ2n) is 8.61. The number of benzene rings is 1. The van der Waals surface area contributed by atoms with Crippen molar-refractivity contribution in [3.63, 3.8) is 0 Å². The van der Waals surface area contributed by atoms with E-state index in [1.54, 1.807) is 6.92 Å². The van der Waals surface area contributed by atoms with Crippen molar-refractivity contribution in [2.24, 2.45) is 5.73 Å². The van der Waals surface area contributed by atoms with Crippen LogP contribution in [-0.2, 0) is 23.1 Å². The molecule has 170 valence electrons. The number of aromatic nitrogens is 2. The van der Waals surface area contributed by atoms with Crippen LogP contribution in [0.2, 0.25) is 0 Å². The molecule has 8 nitrogen and oxygen atoms in total. The van der Waals surface area contributed by atoms with Gasteiger partial charge in [-0.1, -0.05) is 0 Å². The first-order chi connectivity index (χ1) is 14.5. The van der Waals surface area contributed by atoms with Crippen LogP contribution in [0.5, 0.6) is 0 Å². The van der Waals surface area contributed by atoms with Crippen LogP contribution in [0.25, 0.3) is 0 Å². The Morgan fingerprint density at radius 1 is 1.32 bits per heavy atom. The van der Waals surface area contributed by atoms with E-state index in [1.165, 1.54) is 12.3 Å². The standard InChI is InChI=1S/C20H27F2N5O3S/c1-12(28)7-26-10-15(6-18(23)20(26)16-5-14(21)3-4-17(16)22)25-8-13-9-27(31(2,29)30)24-19(13)11-25/h3-5,9,12,15,18,20,28H,6-8,10-11,23H2,1-2H3/t12?,15?,18?,20-/m1/s1. The number of aliphatic hydroxyl groups excluding tert-OH is 1. The van der Waals surface area contributed by atoms with Crippen molar-refractivity contribution < 1.29 is 22.3 Å². The molecule has 0 spiro atoms. The zero-order chi connectivity index (χ0) is 22.5. The third-order valence-electron chi connectivity index (χ3n) is 6.00. The van der Waals surface area contributed by atoms with Crippen LogP contribution in [0.3, 0.4) is 0 Å². The van der Waals surface area contributed by atoms with Crippen molar-refractivity contribution in [1.29, 1.82) is 0 Å². The maximum atomic E-state index is 14.5. The van der Waals surface area contributed by atoms with Crippen LogP contribution in [0.15, 0.2) is 24.4 Å². The van der Waals surface area contributed by atoms with E-state index in [1.807, 2.05) is 4.90 Å². The van der Waals surface area contributed by atoms with Gasteiger partial charge in [-0.05, 0) is 31.5 Å². The molecule has 3 unspecified atom stereocenters. The first-order valence-corrected chi connectivity index (χ1v) is 12.0. The molecular weight excluding hydrogens is 428 g/mol. The molecule has 2 aliphatic rings. The van der Waals surface area contributed by atoms with Crippen LogP contribution in [0.4, 0.5) is 8.78 Å². The van der Waals surface area contributed by atoms with Crippen molar-refractivity contribution in [3.05, 3.63) is 52.9 Å². The Morgan fingerprint density at radius 3 is 2.71 bits per heavy atom. The Bertz CT molecular complexity index is 1050. The van der Waals surface area contributed by atoms with Crippen molar-refractivity contribution in [2.75, 3.05) is 19.3 Å². The number of piperidine rings is 1. The van der Waals surface area contributed by atoms with E-state index in [9.17, 15) is 22.3 Å². The van der Waals surface area contributed by atoms with Gasteiger partial charge in [0.05, 0.1) is 24.1 Å². The minimum Gasteiger partial charge on any atom is -0.392 e. The predicted octanol–water partition coefficient (Wildman–Crippen LogP) is 0.808. The average molecular weight is 456 g/mol. The lowest BCUT2D eigenvalue weighted by molar-refractivity contribution is 0.0150. The molecule has 4 rings (SSSR count). The molecule has 11 heteroatoms. The summed E-state index contributed by atoms with van der Waals surface area (Å²) in [6, 6.07) is 2.33. The van der Waals surface area contributed by atoms with Crippen molar-refractivity contribution in [2.45, 2.75) is 50.7 Å². The van der Waals surface area contributed by atoms with Gasteiger partial charge in [0.2, 0.25) is 0 Å². The van der Waals surface area contributed by atoms with E-state index < -0.39 is 39.8 Å². The van der Waals surface area contributed by atoms with Crippen molar-refractivity contribution in [1.82, 2.24) is 19.0 Å². The first-order valence-electron chi connectivity index (χ1n) is 10.2. The number of aliphatic hydroxyl groups is 1. The van der Waals surface area contributed by atoms with Gasteiger partial charge in [-0.25, -0.2) is 17.2 Å². The van der Waals surface area contributed by atoms with Crippen molar-refractivity contribution in [3.8, 4) is 0 Å². The Balaban J connectivity index is 1.56. The average Bonchev–Trinajstić information content (AvgIpc) is 3.22. The normalized spacial score (nSPS) is 26.2. The lowest BCUT2D eigenvalue weighted by atomic mass is 9.87. The predicted molar refractivity (Wildman–Crippen MR) is 110 cm³/mol. The monoisotopic (exact) mass is 455 g/mol. The van der Waals surface area contributed by atoms with Crippen LogP contribution >= 0.6 is 0 Å². The Hall–Kier alpha value is -1.92. The van der Waals surface area contributed by atoms with Gasteiger partial charge in [0.15, 0.2) is 0 Å². The molecule has 4 atom stereocenters. The van der Waals surface area contributed by atoms with Gasteiger partial charge < -0.3 is 10.8 Å². The smallest absolute Gasteiger partial charge is 0.250 e. The number of halogens is 2. The van der Waals surface area contributed by atoms with Gasteiger partial charge in [-0.15, -0.1) is 0 Å². The molecule has 1 aromatic heterocycles. The maximum absolute atomic E-state index is 14.5. The number of hydrogen-bond acceptors (Lipinski definition) is 7. The molecule has 3 heterocycles. The number of β-amino-alcohol motifs (C(OH)–C–C–N with tert-alkyl or cyclic N) is 1. The highest BCUT2D eigenvalue weighted by atomic mass is 32.2. The fourth-order valence-electron chi connectivity index (χ4n) is 4.71. The molecule has 1 saturated heterocycles. The summed E-state index contributed by atoms with van der Waals surface area (Å²) in [4.78, 5) is 4.08. The number of likely N-dealkylation sites (tertiary alicyclic amines) is 1. The van der Waals surface area contributed by atoms with E-state index in [0.29, 0.717) is 31.7 Å². The van der Waals surface area contributed by atoms with Gasteiger partial charge >= 0.3 is 0 Å². The van der Waals surface area contributed by atoms with Crippen LogP contribution in [-0.4, -0.2) is 70.0 Å². The van der Waals surface area contributed by atoms with E-state index in [-0.39, 0.29) is 18.2 Å². The Labute approximate surface area is 180 Å². The summed E-state index contributed by atoms with van der Waals surface area (Å²) in [5.41, 5.74) is 8.23. The third-order valence-corrected chi connectivity index (χ3v) is 6.87. The maximum Gasteiger partial charge on any atom is 0.250 e. The number of nitrogens with two attached hydrogens (primary N) is 1. The minimum absolute atomic E-state index is 0.00232. The quantitative estimate of drug-likeness (QED) is 0.687. The highest BCUT2D eigenvalue weighted by Crippen LogP contribution is 2.36. The largest absolute Gasteiger partial charge is 0.392 e. The number of rotatable bonds is 5. The minimum atomic E-state index is -3.43. The lowest BCUT2D eigenvalue weighted by Gasteiger charge is -2.46. The summed E-state index contributed by atoms with van der Waals surface area (Å²) in [6.07, 6.45) is 2.52. The van der Waals surface area contributed by atoms with Gasteiger partial charge in [-0.3, -0.25) is 9.80 Å². The molecule has 2 aliphatic heterocycles. The van der Waals surface area contributed by atoms with Gasteiger partial charge in [0, 0.05) is 55.6 Å². The zero-order valence-electron chi connectivity index (χ0n) is 17.4. The van der Waals surface area contributed by atoms with Crippen LogP contribution in [0, 0.1) is 11.6 Å². The van der Waals surface area contributed by atoms with Gasteiger partial charge in [-0.2, -0.15) is 9.19 Å². The third kappa shape index (κ3) is 4.51. The van der Waals surface area contributed by atoms with E-state index >= 15 is 0 Å². The summed E-state index contributed by atoms with van der Waals surface area (Å²) in [5, 5.41) is 14.2. The van der Waals surface area contributed by atoms with Gasteiger partial charge in [0.1, 0.15) is 11.6 Å².